The van der Waals surface area contributed by atoms with Gasteiger partial charge >= 0.3 is 5.97 Å². The monoisotopic (exact) mass is 251 g/mol. The number of carboxylic acid groups (broad SMARTS) is 1. The average molecular weight is 251 g/mol. The quantitative estimate of drug-likeness (QED) is 0.884. The summed E-state index contributed by atoms with van der Waals surface area (Å²) < 4.78 is 19.3. The molecule has 6 nitrogen and oxygen atoms in total. The zero-order valence-corrected chi connectivity index (χ0v) is 9.50. The fourth-order valence-corrected chi connectivity index (χ4v) is 1.40. The molecular formula is C11H10FN3O3. The van der Waals surface area contributed by atoms with Crippen molar-refractivity contribution < 1.29 is 19.0 Å². The molecule has 7 heteroatoms. The van der Waals surface area contributed by atoms with Gasteiger partial charge in [0.1, 0.15) is 18.0 Å². The van der Waals surface area contributed by atoms with Gasteiger partial charge in [-0.25, -0.2) is 14.2 Å². The highest BCUT2D eigenvalue weighted by atomic mass is 19.1. The Balaban J connectivity index is 2.12. The molecule has 0 aromatic carbocycles. The average Bonchev–Trinajstić information content (AvgIpc) is 2.70. The van der Waals surface area contributed by atoms with E-state index < -0.39 is 11.8 Å². The van der Waals surface area contributed by atoms with Crippen molar-refractivity contribution in [3.63, 3.8) is 0 Å². The van der Waals surface area contributed by atoms with Crippen molar-refractivity contribution in [2.75, 3.05) is 0 Å². The van der Waals surface area contributed by atoms with E-state index in [-0.39, 0.29) is 18.1 Å². The number of rotatable bonds is 4. The second-order valence-corrected chi connectivity index (χ2v) is 3.54. The van der Waals surface area contributed by atoms with Gasteiger partial charge in [-0.2, -0.15) is 5.10 Å². The van der Waals surface area contributed by atoms with Crippen LogP contribution in [-0.4, -0.2) is 25.8 Å². The third-order valence-electron chi connectivity index (χ3n) is 2.35. The Morgan fingerprint density at radius 1 is 1.50 bits per heavy atom. The zero-order chi connectivity index (χ0) is 13.1. The lowest BCUT2D eigenvalue weighted by atomic mass is 10.2. The maximum atomic E-state index is 12.6. The standard InChI is InChI=1S/C11H10FN3O3/c1-15-9(8(5-14-15)11(16)17)6-18-10-3-2-7(12)4-13-10/h2-5H,6H2,1H3,(H,16,17). The third kappa shape index (κ3) is 2.45. The molecule has 0 amide bonds. The minimum atomic E-state index is -1.08. The van der Waals surface area contributed by atoms with Crippen molar-refractivity contribution >= 4 is 5.97 Å². The summed E-state index contributed by atoms with van der Waals surface area (Å²) in [6.45, 7) is -0.00321. The Morgan fingerprint density at radius 2 is 2.28 bits per heavy atom. The van der Waals surface area contributed by atoms with Gasteiger partial charge in [0.05, 0.1) is 18.1 Å². The Bertz CT molecular complexity index is 565. The molecule has 0 atom stereocenters. The van der Waals surface area contributed by atoms with Gasteiger partial charge in [-0.3, -0.25) is 4.68 Å². The van der Waals surface area contributed by atoms with Crippen molar-refractivity contribution in [3.05, 3.63) is 41.6 Å². The smallest absolute Gasteiger partial charge is 0.339 e. The number of aromatic nitrogens is 3. The van der Waals surface area contributed by atoms with Crippen LogP contribution in [-0.2, 0) is 13.7 Å². The molecule has 2 rings (SSSR count). The van der Waals surface area contributed by atoms with Crippen LogP contribution < -0.4 is 4.74 Å². The number of carbonyl (C=O) groups is 1. The van der Waals surface area contributed by atoms with Crippen molar-refractivity contribution in [2.45, 2.75) is 6.61 Å². The maximum absolute atomic E-state index is 12.6. The zero-order valence-electron chi connectivity index (χ0n) is 9.50. The van der Waals surface area contributed by atoms with Crippen LogP contribution in [0.4, 0.5) is 4.39 Å². The number of pyridine rings is 1. The largest absolute Gasteiger partial charge is 0.478 e. The summed E-state index contributed by atoms with van der Waals surface area (Å²) in [6, 6.07) is 2.58. The summed E-state index contributed by atoms with van der Waals surface area (Å²) in [7, 11) is 1.61. The molecule has 2 heterocycles. The van der Waals surface area contributed by atoms with E-state index in [4.69, 9.17) is 9.84 Å². The number of nitrogens with zero attached hydrogens (tertiary/aromatic N) is 3. The molecule has 0 saturated heterocycles. The minimum absolute atomic E-state index is 0.00321. The molecule has 1 N–H and O–H groups in total. The van der Waals surface area contributed by atoms with E-state index in [1.165, 1.54) is 23.0 Å². The first-order valence-corrected chi connectivity index (χ1v) is 5.06. The summed E-state index contributed by atoms with van der Waals surface area (Å²) in [5, 5.41) is 12.8. The molecule has 0 saturated carbocycles. The van der Waals surface area contributed by atoms with Gasteiger partial charge in [0.15, 0.2) is 0 Å². The van der Waals surface area contributed by atoms with Crippen LogP contribution in [0.2, 0.25) is 0 Å². The van der Waals surface area contributed by atoms with Crippen LogP contribution in [0, 0.1) is 5.82 Å². The summed E-state index contributed by atoms with van der Waals surface area (Å²) in [4.78, 5) is 14.6. The number of hydrogen-bond donors (Lipinski definition) is 1. The van der Waals surface area contributed by atoms with Gasteiger partial charge in [0.2, 0.25) is 5.88 Å². The molecule has 0 spiro atoms. The van der Waals surface area contributed by atoms with E-state index in [1.807, 2.05) is 0 Å². The number of ether oxygens (including phenoxy) is 1. The summed E-state index contributed by atoms with van der Waals surface area (Å²) in [5.74, 6) is -1.32. The fourth-order valence-electron chi connectivity index (χ4n) is 1.40. The Hall–Kier alpha value is -2.44. The Morgan fingerprint density at radius 3 is 2.89 bits per heavy atom. The first kappa shape index (κ1) is 12.0. The molecule has 94 valence electrons. The van der Waals surface area contributed by atoms with E-state index in [9.17, 15) is 9.18 Å². The van der Waals surface area contributed by atoms with Crippen LogP contribution in [0.5, 0.6) is 5.88 Å². The van der Waals surface area contributed by atoms with Gasteiger partial charge in [0, 0.05) is 13.1 Å². The first-order chi connectivity index (χ1) is 8.58. The van der Waals surface area contributed by atoms with E-state index >= 15 is 0 Å². The predicted molar refractivity (Wildman–Crippen MR) is 58.7 cm³/mol. The molecule has 18 heavy (non-hydrogen) atoms. The highest BCUT2D eigenvalue weighted by Crippen LogP contribution is 2.12. The van der Waals surface area contributed by atoms with Crippen molar-refractivity contribution in [1.29, 1.82) is 0 Å². The number of aromatic carboxylic acids is 1. The van der Waals surface area contributed by atoms with Gasteiger partial charge in [-0.15, -0.1) is 0 Å². The van der Waals surface area contributed by atoms with Crippen LogP contribution in [0.1, 0.15) is 16.1 Å². The SMILES string of the molecule is Cn1ncc(C(=O)O)c1COc1ccc(F)cn1. The predicted octanol–water partition coefficient (Wildman–Crippen LogP) is 1.23. The van der Waals surface area contributed by atoms with E-state index in [2.05, 4.69) is 10.1 Å². The molecule has 2 aromatic rings. The Labute approximate surface area is 102 Å². The van der Waals surface area contributed by atoms with Crippen LogP contribution in [0.25, 0.3) is 0 Å². The van der Waals surface area contributed by atoms with Crippen LogP contribution in [0.15, 0.2) is 24.5 Å². The van der Waals surface area contributed by atoms with Gasteiger partial charge < -0.3 is 9.84 Å². The molecule has 0 aliphatic rings. The maximum Gasteiger partial charge on any atom is 0.339 e. The van der Waals surface area contributed by atoms with Crippen LogP contribution in [0.3, 0.4) is 0 Å². The van der Waals surface area contributed by atoms with Gasteiger partial charge in [-0.05, 0) is 6.07 Å². The first-order valence-electron chi connectivity index (χ1n) is 5.06. The fraction of sp³-hybridized carbons (Fsp3) is 0.182. The molecule has 0 aliphatic heterocycles. The molecule has 0 aliphatic carbocycles. The van der Waals surface area contributed by atoms with Gasteiger partial charge in [0.25, 0.3) is 0 Å². The molecule has 0 radical (unpaired) electrons. The molecule has 0 fully saturated rings. The van der Waals surface area contributed by atoms with Crippen molar-refractivity contribution in [1.82, 2.24) is 14.8 Å². The van der Waals surface area contributed by atoms with Crippen molar-refractivity contribution in [2.24, 2.45) is 7.05 Å². The number of halogens is 1. The number of hydrogen-bond acceptors (Lipinski definition) is 4. The highest BCUT2D eigenvalue weighted by Gasteiger charge is 2.15. The number of aryl methyl sites for hydroxylation is 1. The lowest BCUT2D eigenvalue weighted by Gasteiger charge is -2.06. The normalized spacial score (nSPS) is 10.3. The van der Waals surface area contributed by atoms with Crippen LogP contribution >= 0.6 is 0 Å². The van der Waals surface area contributed by atoms with Gasteiger partial charge in [-0.1, -0.05) is 0 Å². The second kappa shape index (κ2) is 4.82. The molecule has 2 aromatic heterocycles. The molecular weight excluding hydrogens is 241 g/mol. The highest BCUT2D eigenvalue weighted by molar-refractivity contribution is 5.88. The van der Waals surface area contributed by atoms with E-state index in [1.54, 1.807) is 7.05 Å². The summed E-state index contributed by atoms with van der Waals surface area (Å²) in [6.07, 6.45) is 2.27. The van der Waals surface area contributed by atoms with E-state index in [0.717, 1.165) is 6.20 Å². The molecule has 0 unspecified atom stereocenters. The third-order valence-corrected chi connectivity index (χ3v) is 2.35. The topological polar surface area (TPSA) is 77.2 Å². The number of carboxylic acids is 1. The summed E-state index contributed by atoms with van der Waals surface area (Å²) >= 11 is 0. The van der Waals surface area contributed by atoms with Crippen molar-refractivity contribution in [3.8, 4) is 5.88 Å². The second-order valence-electron chi connectivity index (χ2n) is 3.54. The summed E-state index contributed by atoms with van der Waals surface area (Å²) in [5.41, 5.74) is 0.480. The molecule has 0 bridgehead atoms. The van der Waals surface area contributed by atoms with E-state index in [0.29, 0.717) is 5.69 Å². The Kier molecular flexibility index (Phi) is 3.22. The lowest BCUT2D eigenvalue weighted by molar-refractivity contribution is 0.0693. The minimum Gasteiger partial charge on any atom is -0.478 e. The lowest BCUT2D eigenvalue weighted by Crippen LogP contribution is -2.09.